The number of benzene rings is 1. The van der Waals surface area contributed by atoms with Gasteiger partial charge in [0.25, 0.3) is 0 Å². The highest BCUT2D eigenvalue weighted by Gasteiger charge is 2.18. The minimum absolute atomic E-state index is 0. The van der Waals surface area contributed by atoms with E-state index in [1.54, 1.807) is 12.3 Å². The van der Waals surface area contributed by atoms with Crippen LogP contribution in [0, 0.1) is 5.82 Å². The van der Waals surface area contributed by atoms with Gasteiger partial charge in [0.1, 0.15) is 5.82 Å². The van der Waals surface area contributed by atoms with E-state index in [1.165, 1.54) is 6.07 Å². The Morgan fingerprint density at radius 1 is 1.06 bits per heavy atom. The first kappa shape index (κ1) is 25.4. The topological polar surface area (TPSA) is 60.7 Å². The van der Waals surface area contributed by atoms with Gasteiger partial charge in [-0.3, -0.25) is 14.6 Å². The predicted molar refractivity (Wildman–Crippen MR) is 136 cm³/mol. The van der Waals surface area contributed by atoms with Crippen LogP contribution >= 0.6 is 24.0 Å². The summed E-state index contributed by atoms with van der Waals surface area (Å²) in [4.78, 5) is 9.24. The van der Waals surface area contributed by atoms with Crippen molar-refractivity contribution in [3.63, 3.8) is 0 Å². The molecule has 1 aliphatic rings. The average molecular weight is 543 g/mol. The maximum absolute atomic E-state index is 14.0. The summed E-state index contributed by atoms with van der Waals surface area (Å²) in [6.07, 6.45) is 5.79. The van der Waals surface area contributed by atoms with Crippen molar-refractivity contribution < 1.29 is 4.39 Å². The van der Waals surface area contributed by atoms with Gasteiger partial charge in [0, 0.05) is 64.8 Å². The van der Waals surface area contributed by atoms with Crippen molar-refractivity contribution in [2.75, 3.05) is 57.3 Å². The van der Waals surface area contributed by atoms with E-state index in [4.69, 9.17) is 0 Å². The molecular weight excluding hydrogens is 508 g/mol. The molecule has 3 rings (SSSR count). The number of aryl methyl sites for hydroxylation is 1. The number of piperazine rings is 1. The minimum Gasteiger partial charge on any atom is -0.367 e. The summed E-state index contributed by atoms with van der Waals surface area (Å²) in [7, 11) is 0. The van der Waals surface area contributed by atoms with Crippen LogP contribution in [-0.2, 0) is 6.54 Å². The number of hydrogen-bond acceptors (Lipinski definition) is 4. The number of aromatic nitrogens is 2. The van der Waals surface area contributed by atoms with E-state index in [9.17, 15) is 4.39 Å². The Morgan fingerprint density at radius 2 is 1.87 bits per heavy atom. The van der Waals surface area contributed by atoms with Gasteiger partial charge in [0.2, 0.25) is 0 Å². The monoisotopic (exact) mass is 543 g/mol. The second-order valence-corrected chi connectivity index (χ2v) is 7.44. The standard InChI is InChI=1S/C22H34FN7.HI/c1-2-24-22(26-11-6-14-30-15-7-12-27-30)25-10-5-13-28-16-18-29(19-17-28)21-9-4-3-8-20(21)23;/h3-4,7-9,12,15H,2,5-6,10-11,13-14,16-19H2,1H3,(H2,24,25,26);1H. The van der Waals surface area contributed by atoms with Gasteiger partial charge in [-0.25, -0.2) is 4.39 Å². The third-order valence-corrected chi connectivity index (χ3v) is 5.23. The number of aliphatic imine (C=N–C) groups is 1. The highest BCUT2D eigenvalue weighted by molar-refractivity contribution is 14.0. The van der Waals surface area contributed by atoms with Crippen LogP contribution in [0.2, 0.25) is 0 Å². The first-order valence-electron chi connectivity index (χ1n) is 11.0. The molecule has 0 saturated carbocycles. The Kier molecular flexibility index (Phi) is 11.7. The molecule has 9 heteroatoms. The third kappa shape index (κ3) is 8.64. The summed E-state index contributed by atoms with van der Waals surface area (Å²) in [5.74, 6) is 0.748. The molecule has 7 nitrogen and oxygen atoms in total. The summed E-state index contributed by atoms with van der Waals surface area (Å²) in [5.41, 5.74) is 0.720. The highest BCUT2D eigenvalue weighted by atomic mass is 127. The number of guanidine groups is 1. The van der Waals surface area contributed by atoms with Gasteiger partial charge in [-0.05, 0) is 44.5 Å². The van der Waals surface area contributed by atoms with Gasteiger partial charge < -0.3 is 15.5 Å². The third-order valence-electron chi connectivity index (χ3n) is 5.23. The van der Waals surface area contributed by atoms with Gasteiger partial charge in [-0.2, -0.15) is 5.10 Å². The van der Waals surface area contributed by atoms with Crippen molar-refractivity contribution in [3.05, 3.63) is 48.5 Å². The Morgan fingerprint density at radius 3 is 2.58 bits per heavy atom. The molecule has 1 saturated heterocycles. The molecule has 1 aromatic carbocycles. The second kappa shape index (κ2) is 14.2. The minimum atomic E-state index is -0.130. The van der Waals surface area contributed by atoms with Crippen LogP contribution in [0.4, 0.5) is 10.1 Å². The largest absolute Gasteiger partial charge is 0.367 e. The molecule has 0 spiro atoms. The molecular formula is C22H35FIN7. The Bertz CT molecular complexity index is 761. The lowest BCUT2D eigenvalue weighted by Crippen LogP contribution is -2.47. The fraction of sp³-hybridized carbons (Fsp3) is 0.545. The number of nitrogens with zero attached hydrogens (tertiary/aromatic N) is 5. The van der Waals surface area contributed by atoms with Gasteiger partial charge in [-0.1, -0.05) is 12.1 Å². The lowest BCUT2D eigenvalue weighted by molar-refractivity contribution is 0.254. The molecule has 31 heavy (non-hydrogen) atoms. The summed E-state index contributed by atoms with van der Waals surface area (Å²) in [6.45, 7) is 10.2. The fourth-order valence-electron chi connectivity index (χ4n) is 3.63. The average Bonchev–Trinajstić information content (AvgIpc) is 3.28. The van der Waals surface area contributed by atoms with Crippen LogP contribution in [0.15, 0.2) is 47.7 Å². The molecule has 1 aromatic heterocycles. The van der Waals surface area contributed by atoms with Gasteiger partial charge in [0.05, 0.1) is 5.69 Å². The Labute approximate surface area is 202 Å². The van der Waals surface area contributed by atoms with E-state index in [0.29, 0.717) is 0 Å². The molecule has 0 radical (unpaired) electrons. The molecule has 1 aliphatic heterocycles. The van der Waals surface area contributed by atoms with Crippen molar-refractivity contribution in [1.29, 1.82) is 0 Å². The van der Waals surface area contributed by atoms with Crippen molar-refractivity contribution in [2.45, 2.75) is 26.3 Å². The van der Waals surface area contributed by atoms with E-state index in [2.05, 4.69) is 37.4 Å². The zero-order chi connectivity index (χ0) is 21.0. The normalized spacial score (nSPS) is 14.9. The van der Waals surface area contributed by atoms with Crippen molar-refractivity contribution in [1.82, 2.24) is 25.3 Å². The number of halogens is 2. The van der Waals surface area contributed by atoms with E-state index in [-0.39, 0.29) is 29.8 Å². The Hall–Kier alpha value is -1.88. The quantitative estimate of drug-likeness (QED) is 0.209. The van der Waals surface area contributed by atoms with Crippen LogP contribution in [-0.4, -0.2) is 73.0 Å². The maximum atomic E-state index is 14.0. The van der Waals surface area contributed by atoms with Gasteiger partial charge in [-0.15, -0.1) is 24.0 Å². The number of rotatable bonds is 10. The van der Waals surface area contributed by atoms with E-state index >= 15 is 0 Å². The lowest BCUT2D eigenvalue weighted by atomic mass is 10.2. The van der Waals surface area contributed by atoms with Crippen molar-refractivity contribution in [2.24, 2.45) is 4.99 Å². The highest BCUT2D eigenvalue weighted by Crippen LogP contribution is 2.20. The lowest BCUT2D eigenvalue weighted by Gasteiger charge is -2.36. The predicted octanol–water partition coefficient (Wildman–Crippen LogP) is 2.80. The van der Waals surface area contributed by atoms with Crippen LogP contribution in [0.25, 0.3) is 0 Å². The van der Waals surface area contributed by atoms with Crippen LogP contribution in [0.1, 0.15) is 19.8 Å². The number of anilines is 1. The van der Waals surface area contributed by atoms with E-state index < -0.39 is 0 Å². The summed E-state index contributed by atoms with van der Waals surface area (Å²) >= 11 is 0. The molecule has 0 amide bonds. The first-order valence-corrected chi connectivity index (χ1v) is 11.0. The SMILES string of the molecule is CCNC(=NCCCn1cccn1)NCCCN1CCN(c2ccccc2F)CC1.I. The molecule has 0 atom stereocenters. The molecule has 2 N–H and O–H groups in total. The number of hydrogen-bond donors (Lipinski definition) is 2. The molecule has 2 aromatic rings. The van der Waals surface area contributed by atoms with E-state index in [0.717, 1.165) is 83.4 Å². The van der Waals surface area contributed by atoms with Crippen molar-refractivity contribution >= 4 is 35.6 Å². The fourth-order valence-corrected chi connectivity index (χ4v) is 3.63. The molecule has 172 valence electrons. The zero-order valence-corrected chi connectivity index (χ0v) is 20.7. The first-order chi connectivity index (χ1) is 14.8. The smallest absolute Gasteiger partial charge is 0.191 e. The van der Waals surface area contributed by atoms with Gasteiger partial charge in [0.15, 0.2) is 5.96 Å². The number of para-hydroxylation sites is 1. The summed E-state index contributed by atoms with van der Waals surface area (Å²) in [5, 5.41) is 10.9. The van der Waals surface area contributed by atoms with Crippen LogP contribution in [0.3, 0.4) is 0 Å². The summed E-state index contributed by atoms with van der Waals surface area (Å²) < 4.78 is 15.9. The van der Waals surface area contributed by atoms with Gasteiger partial charge >= 0.3 is 0 Å². The molecule has 0 bridgehead atoms. The maximum Gasteiger partial charge on any atom is 0.191 e. The van der Waals surface area contributed by atoms with Crippen molar-refractivity contribution in [3.8, 4) is 0 Å². The number of nitrogens with one attached hydrogen (secondary N) is 2. The van der Waals surface area contributed by atoms with Crippen LogP contribution in [0.5, 0.6) is 0 Å². The zero-order valence-electron chi connectivity index (χ0n) is 18.3. The molecule has 2 heterocycles. The molecule has 0 unspecified atom stereocenters. The second-order valence-electron chi connectivity index (χ2n) is 7.44. The Balaban J connectivity index is 0.00000341. The molecule has 0 aliphatic carbocycles. The van der Waals surface area contributed by atoms with E-state index in [1.807, 2.05) is 29.1 Å². The van der Waals surface area contributed by atoms with Crippen LogP contribution < -0.4 is 15.5 Å². The molecule has 1 fully saturated rings. The summed E-state index contributed by atoms with van der Waals surface area (Å²) in [6, 6.07) is 8.98.